The molecule has 0 aromatic heterocycles. The molecule has 0 atom stereocenters. The molecule has 12 heavy (non-hydrogen) atoms. The molecule has 2 N–H and O–H groups in total. The minimum absolute atomic E-state index is 0.524. The summed E-state index contributed by atoms with van der Waals surface area (Å²) in [6, 6.07) is 5.90. The van der Waals surface area contributed by atoms with Crippen LogP contribution < -0.4 is 5.73 Å². The molecule has 2 heteroatoms. The zero-order valence-corrected chi connectivity index (χ0v) is 7.64. The van der Waals surface area contributed by atoms with Gasteiger partial charge in [0.1, 0.15) is 0 Å². The fourth-order valence-corrected chi connectivity index (χ4v) is 1.24. The second-order valence-corrected chi connectivity index (χ2v) is 2.86. The van der Waals surface area contributed by atoms with Gasteiger partial charge in [-0.1, -0.05) is 12.0 Å². The lowest BCUT2D eigenvalue weighted by atomic mass is 10.1. The summed E-state index contributed by atoms with van der Waals surface area (Å²) in [4.78, 5) is 0. The van der Waals surface area contributed by atoms with E-state index < -0.39 is 0 Å². The Bertz CT molecular complexity index is 290. The van der Waals surface area contributed by atoms with E-state index in [0.29, 0.717) is 12.3 Å². The summed E-state index contributed by atoms with van der Waals surface area (Å²) in [6.45, 7) is 0.524. The van der Waals surface area contributed by atoms with Crippen LogP contribution in [-0.2, 0) is 12.3 Å². The minimum atomic E-state index is 0.524. The summed E-state index contributed by atoms with van der Waals surface area (Å²) in [7, 11) is 0. The average molecular weight is 177 g/mol. The van der Waals surface area contributed by atoms with Gasteiger partial charge >= 0.3 is 0 Å². The molecular formula is C10H11NS. The van der Waals surface area contributed by atoms with Crippen molar-refractivity contribution >= 4 is 12.6 Å². The van der Waals surface area contributed by atoms with Gasteiger partial charge in [0.25, 0.3) is 0 Å². The van der Waals surface area contributed by atoms with Crippen molar-refractivity contribution in [1.82, 2.24) is 0 Å². The van der Waals surface area contributed by atoms with E-state index in [4.69, 9.17) is 12.2 Å². The quantitative estimate of drug-likeness (QED) is 0.520. The molecule has 0 amide bonds. The number of terminal acetylenes is 1. The maximum Gasteiger partial charge on any atom is 0.0248 e. The Labute approximate surface area is 78.4 Å². The van der Waals surface area contributed by atoms with Crippen molar-refractivity contribution in [2.75, 3.05) is 0 Å². The van der Waals surface area contributed by atoms with E-state index in [-0.39, 0.29) is 0 Å². The van der Waals surface area contributed by atoms with Gasteiger partial charge < -0.3 is 5.73 Å². The fraction of sp³-hybridized carbons (Fsp3) is 0.200. The topological polar surface area (TPSA) is 26.0 Å². The summed E-state index contributed by atoms with van der Waals surface area (Å²) in [6.07, 6.45) is 5.28. The number of hydrogen-bond donors (Lipinski definition) is 2. The normalized spacial score (nSPS) is 9.42. The lowest BCUT2D eigenvalue weighted by molar-refractivity contribution is 1.06. The number of nitrogens with two attached hydrogens (primary N) is 1. The van der Waals surface area contributed by atoms with Gasteiger partial charge in [0, 0.05) is 17.9 Å². The van der Waals surface area contributed by atoms with Crippen molar-refractivity contribution < 1.29 is 0 Å². The van der Waals surface area contributed by atoms with Gasteiger partial charge in [-0.05, 0) is 23.3 Å². The van der Waals surface area contributed by atoms with Crippen LogP contribution in [0.15, 0.2) is 18.2 Å². The average Bonchev–Trinajstić information content (AvgIpc) is 2.16. The highest BCUT2D eigenvalue weighted by Gasteiger charge is 1.96. The van der Waals surface area contributed by atoms with Crippen LogP contribution in [0.4, 0.5) is 0 Å². The molecule has 0 bridgehead atoms. The highest BCUT2D eigenvalue weighted by molar-refractivity contribution is 7.79. The van der Waals surface area contributed by atoms with Gasteiger partial charge in [-0.15, -0.1) is 6.42 Å². The molecule has 0 aliphatic rings. The smallest absolute Gasteiger partial charge is 0.0248 e. The molecule has 0 unspecified atom stereocenters. The molecule has 1 nitrogen and oxygen atoms in total. The van der Waals surface area contributed by atoms with E-state index in [9.17, 15) is 0 Å². The third-order valence-corrected chi connectivity index (χ3v) is 2.00. The molecule has 0 heterocycles. The first kappa shape index (κ1) is 9.18. The Balaban J connectivity index is 3.12. The monoisotopic (exact) mass is 177 g/mol. The summed E-state index contributed by atoms with van der Waals surface area (Å²) in [5.74, 6) is 3.28. The molecule has 62 valence electrons. The summed E-state index contributed by atoms with van der Waals surface area (Å²) in [5, 5.41) is 0. The molecule has 0 saturated carbocycles. The van der Waals surface area contributed by atoms with E-state index in [1.165, 1.54) is 0 Å². The number of thiol groups is 1. The molecule has 0 aliphatic carbocycles. The maximum atomic E-state index is 5.50. The first-order valence-corrected chi connectivity index (χ1v) is 4.33. The van der Waals surface area contributed by atoms with Crippen molar-refractivity contribution in [3.63, 3.8) is 0 Å². The SMILES string of the molecule is C#Cc1cc(CN)cc(CS)c1. The third-order valence-electron chi connectivity index (χ3n) is 1.64. The molecule has 0 aliphatic heterocycles. The molecule has 1 rings (SSSR count). The van der Waals surface area contributed by atoms with Crippen molar-refractivity contribution in [2.45, 2.75) is 12.3 Å². The van der Waals surface area contributed by atoms with Crippen LogP contribution in [0, 0.1) is 12.3 Å². The van der Waals surface area contributed by atoms with Crippen LogP contribution in [0.2, 0.25) is 0 Å². The second kappa shape index (κ2) is 4.20. The molecule has 0 fully saturated rings. The Morgan fingerprint density at radius 1 is 1.33 bits per heavy atom. The van der Waals surface area contributed by atoms with Gasteiger partial charge in [-0.2, -0.15) is 12.6 Å². The lowest BCUT2D eigenvalue weighted by Crippen LogP contribution is -1.97. The Morgan fingerprint density at radius 3 is 2.50 bits per heavy atom. The predicted molar refractivity (Wildman–Crippen MR) is 55.0 cm³/mol. The van der Waals surface area contributed by atoms with Gasteiger partial charge in [0.15, 0.2) is 0 Å². The number of benzene rings is 1. The van der Waals surface area contributed by atoms with Crippen molar-refractivity contribution in [2.24, 2.45) is 5.73 Å². The largest absolute Gasteiger partial charge is 0.326 e. The van der Waals surface area contributed by atoms with Crippen molar-refractivity contribution in [3.05, 3.63) is 34.9 Å². The zero-order valence-electron chi connectivity index (χ0n) is 6.75. The van der Waals surface area contributed by atoms with E-state index in [1.807, 2.05) is 18.2 Å². The molecular weight excluding hydrogens is 166 g/mol. The summed E-state index contributed by atoms with van der Waals surface area (Å²) < 4.78 is 0. The van der Waals surface area contributed by atoms with Crippen LogP contribution in [0.5, 0.6) is 0 Å². The molecule has 1 aromatic carbocycles. The van der Waals surface area contributed by atoms with Gasteiger partial charge in [0.2, 0.25) is 0 Å². The summed E-state index contributed by atoms with van der Waals surface area (Å²) in [5.41, 5.74) is 8.56. The van der Waals surface area contributed by atoms with Crippen molar-refractivity contribution in [1.29, 1.82) is 0 Å². The molecule has 0 saturated heterocycles. The number of rotatable bonds is 2. The number of hydrogen-bond acceptors (Lipinski definition) is 2. The van der Waals surface area contributed by atoms with E-state index in [1.54, 1.807) is 0 Å². The zero-order chi connectivity index (χ0) is 8.97. The first-order chi connectivity index (χ1) is 5.80. The molecule has 0 spiro atoms. The Hall–Kier alpha value is -0.910. The van der Waals surface area contributed by atoms with Gasteiger partial charge in [-0.3, -0.25) is 0 Å². The highest BCUT2D eigenvalue weighted by atomic mass is 32.1. The van der Waals surface area contributed by atoms with Crippen LogP contribution in [-0.4, -0.2) is 0 Å². The van der Waals surface area contributed by atoms with Crippen LogP contribution in [0.3, 0.4) is 0 Å². The third kappa shape index (κ3) is 2.04. The van der Waals surface area contributed by atoms with Crippen LogP contribution >= 0.6 is 12.6 Å². The molecule has 1 aromatic rings. The highest BCUT2D eigenvalue weighted by Crippen LogP contribution is 2.11. The van der Waals surface area contributed by atoms with E-state index in [2.05, 4.69) is 18.5 Å². The van der Waals surface area contributed by atoms with Crippen LogP contribution in [0.1, 0.15) is 16.7 Å². The second-order valence-electron chi connectivity index (χ2n) is 2.54. The maximum absolute atomic E-state index is 5.50. The Morgan fingerprint density at radius 2 is 2.00 bits per heavy atom. The Kier molecular flexibility index (Phi) is 3.21. The van der Waals surface area contributed by atoms with Crippen LogP contribution in [0.25, 0.3) is 0 Å². The first-order valence-electron chi connectivity index (χ1n) is 3.70. The van der Waals surface area contributed by atoms with Gasteiger partial charge in [-0.25, -0.2) is 0 Å². The van der Waals surface area contributed by atoms with Gasteiger partial charge in [0.05, 0.1) is 0 Å². The molecule has 0 radical (unpaired) electrons. The van der Waals surface area contributed by atoms with E-state index in [0.717, 1.165) is 16.7 Å². The summed E-state index contributed by atoms with van der Waals surface area (Å²) >= 11 is 4.17. The fourth-order valence-electron chi connectivity index (χ4n) is 1.06. The predicted octanol–water partition coefficient (Wildman–Crippen LogP) is 1.56. The van der Waals surface area contributed by atoms with E-state index >= 15 is 0 Å². The standard InChI is InChI=1S/C10H11NS/c1-2-8-3-9(6-11)5-10(4-8)7-12/h1,3-5,12H,6-7,11H2. The minimum Gasteiger partial charge on any atom is -0.326 e. The van der Waals surface area contributed by atoms with Crippen molar-refractivity contribution in [3.8, 4) is 12.3 Å². The lowest BCUT2D eigenvalue weighted by Gasteiger charge is -2.02.